The lowest BCUT2D eigenvalue weighted by Gasteiger charge is -2.26. The Kier molecular flexibility index (Phi) is 8.19. The number of para-hydroxylation sites is 1. The number of rotatable bonds is 7. The summed E-state index contributed by atoms with van der Waals surface area (Å²) in [6, 6.07) is 80.7. The lowest BCUT2D eigenvalue weighted by Crippen LogP contribution is -2.09. The standard InChI is InChI=1S/C56H37NO/c1-4-15-51-41(9-1)12-8-17-53(51)43-21-19-38(20-22-43)39-25-29-48(30-26-39)57(50-33-34-54-45(36-50)24-23-42-10-2-5-16-52(42)54)49-31-27-40(28-32-49)44-13-7-14-46(35-44)56-37-47-11-3-6-18-55(47)58-56/h1-37H. The van der Waals surface area contributed by atoms with E-state index in [9.17, 15) is 0 Å². The van der Waals surface area contributed by atoms with E-state index < -0.39 is 0 Å². The molecule has 0 saturated carbocycles. The SMILES string of the molecule is c1cc(-c2ccc(N(c3ccc(-c4ccc(-c5cccc6ccccc56)cc4)cc3)c3ccc4c(ccc5ccccc54)c3)cc2)cc(-c2cc3ccccc3o2)c1. The van der Waals surface area contributed by atoms with Crippen LogP contribution in [0.25, 0.3) is 88.0 Å². The number of furan rings is 1. The summed E-state index contributed by atoms with van der Waals surface area (Å²) in [5, 5.41) is 8.62. The van der Waals surface area contributed by atoms with Crippen LogP contribution in [0, 0.1) is 0 Å². The highest BCUT2D eigenvalue weighted by molar-refractivity contribution is 6.08. The predicted octanol–water partition coefficient (Wildman–Crippen LogP) is 16.0. The number of fused-ring (bicyclic) bond motifs is 5. The van der Waals surface area contributed by atoms with E-state index >= 15 is 0 Å². The second-order valence-electron chi connectivity index (χ2n) is 15.0. The van der Waals surface area contributed by atoms with Crippen molar-refractivity contribution in [1.82, 2.24) is 0 Å². The van der Waals surface area contributed by atoms with Crippen LogP contribution in [0.2, 0.25) is 0 Å². The van der Waals surface area contributed by atoms with Crippen LogP contribution >= 0.6 is 0 Å². The topological polar surface area (TPSA) is 16.4 Å². The van der Waals surface area contributed by atoms with Gasteiger partial charge in [-0.05, 0) is 120 Å². The van der Waals surface area contributed by atoms with E-state index in [1.165, 1.54) is 54.6 Å². The van der Waals surface area contributed by atoms with Gasteiger partial charge in [-0.2, -0.15) is 0 Å². The van der Waals surface area contributed by atoms with E-state index in [-0.39, 0.29) is 0 Å². The zero-order chi connectivity index (χ0) is 38.4. The van der Waals surface area contributed by atoms with Gasteiger partial charge in [0.1, 0.15) is 11.3 Å². The van der Waals surface area contributed by atoms with Crippen LogP contribution in [0.5, 0.6) is 0 Å². The van der Waals surface area contributed by atoms with Gasteiger partial charge < -0.3 is 9.32 Å². The Morgan fingerprint density at radius 2 is 0.793 bits per heavy atom. The first-order chi connectivity index (χ1) is 28.7. The average Bonchev–Trinajstić information content (AvgIpc) is 3.74. The molecular weight excluding hydrogens is 703 g/mol. The normalized spacial score (nSPS) is 11.4. The molecule has 10 aromatic carbocycles. The molecule has 0 saturated heterocycles. The van der Waals surface area contributed by atoms with Crippen molar-refractivity contribution in [3.8, 4) is 44.7 Å². The van der Waals surface area contributed by atoms with Gasteiger partial charge in [-0.15, -0.1) is 0 Å². The third kappa shape index (κ3) is 6.09. The second-order valence-corrected chi connectivity index (χ2v) is 15.0. The molecule has 0 unspecified atom stereocenters. The van der Waals surface area contributed by atoms with E-state index in [4.69, 9.17) is 4.42 Å². The fraction of sp³-hybridized carbons (Fsp3) is 0. The second kappa shape index (κ2) is 14.1. The lowest BCUT2D eigenvalue weighted by molar-refractivity contribution is 0.631. The van der Waals surface area contributed by atoms with Crippen molar-refractivity contribution in [1.29, 1.82) is 0 Å². The molecule has 11 aromatic rings. The molecule has 11 rings (SSSR count). The van der Waals surface area contributed by atoms with Crippen molar-refractivity contribution < 1.29 is 4.42 Å². The monoisotopic (exact) mass is 739 g/mol. The van der Waals surface area contributed by atoms with Crippen LogP contribution in [-0.2, 0) is 0 Å². The predicted molar refractivity (Wildman–Crippen MR) is 245 cm³/mol. The lowest BCUT2D eigenvalue weighted by atomic mass is 9.96. The Morgan fingerprint density at radius 1 is 0.276 bits per heavy atom. The minimum atomic E-state index is 0.874. The molecule has 0 atom stereocenters. The van der Waals surface area contributed by atoms with E-state index in [2.05, 4.69) is 211 Å². The van der Waals surface area contributed by atoms with Gasteiger partial charge in [0.2, 0.25) is 0 Å². The molecule has 0 aliphatic carbocycles. The highest BCUT2D eigenvalue weighted by Gasteiger charge is 2.16. The van der Waals surface area contributed by atoms with E-state index in [0.717, 1.165) is 50.5 Å². The summed E-state index contributed by atoms with van der Waals surface area (Å²) in [5.41, 5.74) is 12.4. The van der Waals surface area contributed by atoms with Crippen LogP contribution in [0.4, 0.5) is 17.1 Å². The molecular formula is C56H37NO. The first kappa shape index (κ1) is 33.6. The Hall–Kier alpha value is -7.68. The summed E-state index contributed by atoms with van der Waals surface area (Å²) >= 11 is 0. The minimum Gasteiger partial charge on any atom is -0.456 e. The maximum atomic E-state index is 6.22. The van der Waals surface area contributed by atoms with Gasteiger partial charge in [-0.25, -0.2) is 0 Å². The number of hydrogen-bond acceptors (Lipinski definition) is 2. The molecule has 0 aliphatic heterocycles. The largest absolute Gasteiger partial charge is 0.456 e. The fourth-order valence-corrected chi connectivity index (χ4v) is 8.49. The molecule has 0 fully saturated rings. The van der Waals surface area contributed by atoms with Crippen molar-refractivity contribution in [3.63, 3.8) is 0 Å². The maximum absolute atomic E-state index is 6.22. The minimum absolute atomic E-state index is 0.874. The summed E-state index contributed by atoms with van der Waals surface area (Å²) in [7, 11) is 0. The van der Waals surface area contributed by atoms with Crippen molar-refractivity contribution in [2.45, 2.75) is 0 Å². The third-order valence-electron chi connectivity index (χ3n) is 11.5. The van der Waals surface area contributed by atoms with Gasteiger partial charge in [0.15, 0.2) is 0 Å². The van der Waals surface area contributed by atoms with Gasteiger partial charge in [0.25, 0.3) is 0 Å². The summed E-state index contributed by atoms with van der Waals surface area (Å²) in [6.45, 7) is 0. The molecule has 0 N–H and O–H groups in total. The van der Waals surface area contributed by atoms with Gasteiger partial charge in [-0.3, -0.25) is 0 Å². The summed E-state index contributed by atoms with van der Waals surface area (Å²) < 4.78 is 6.22. The van der Waals surface area contributed by atoms with Crippen LogP contribution < -0.4 is 4.90 Å². The molecule has 58 heavy (non-hydrogen) atoms. The molecule has 1 aromatic heterocycles. The Morgan fingerprint density at radius 3 is 1.53 bits per heavy atom. The maximum Gasteiger partial charge on any atom is 0.135 e. The smallest absolute Gasteiger partial charge is 0.135 e. The van der Waals surface area contributed by atoms with Crippen LogP contribution in [0.3, 0.4) is 0 Å². The molecule has 0 bridgehead atoms. The highest BCUT2D eigenvalue weighted by atomic mass is 16.3. The molecule has 0 amide bonds. The molecule has 0 radical (unpaired) electrons. The highest BCUT2D eigenvalue weighted by Crippen LogP contribution is 2.40. The Labute approximate surface area is 337 Å². The van der Waals surface area contributed by atoms with Crippen LogP contribution in [0.15, 0.2) is 229 Å². The molecule has 1 heterocycles. The molecule has 0 aliphatic rings. The summed E-state index contributed by atoms with van der Waals surface area (Å²) in [4.78, 5) is 2.36. The molecule has 2 nitrogen and oxygen atoms in total. The number of anilines is 3. The number of nitrogens with zero attached hydrogens (tertiary/aromatic N) is 1. The van der Waals surface area contributed by atoms with Gasteiger partial charge in [-0.1, -0.05) is 170 Å². The Bertz CT molecular complexity index is 3230. The molecule has 0 spiro atoms. The van der Waals surface area contributed by atoms with E-state index in [1.54, 1.807) is 0 Å². The third-order valence-corrected chi connectivity index (χ3v) is 11.5. The Balaban J connectivity index is 0.947. The molecule has 272 valence electrons. The summed E-state index contributed by atoms with van der Waals surface area (Å²) in [5.74, 6) is 0.874. The van der Waals surface area contributed by atoms with Crippen LogP contribution in [-0.4, -0.2) is 0 Å². The van der Waals surface area contributed by atoms with Gasteiger partial charge >= 0.3 is 0 Å². The first-order valence-corrected chi connectivity index (χ1v) is 19.8. The first-order valence-electron chi connectivity index (χ1n) is 19.8. The fourth-order valence-electron chi connectivity index (χ4n) is 8.49. The zero-order valence-corrected chi connectivity index (χ0v) is 31.7. The molecule has 2 heteroatoms. The average molecular weight is 740 g/mol. The van der Waals surface area contributed by atoms with Crippen molar-refractivity contribution in [2.75, 3.05) is 4.90 Å². The zero-order valence-electron chi connectivity index (χ0n) is 31.7. The number of benzene rings is 10. The quantitative estimate of drug-likeness (QED) is 0.151. The van der Waals surface area contributed by atoms with Gasteiger partial charge in [0.05, 0.1) is 0 Å². The van der Waals surface area contributed by atoms with Crippen molar-refractivity contribution in [2.24, 2.45) is 0 Å². The van der Waals surface area contributed by atoms with Crippen molar-refractivity contribution in [3.05, 3.63) is 224 Å². The van der Waals surface area contributed by atoms with Gasteiger partial charge in [0, 0.05) is 28.0 Å². The van der Waals surface area contributed by atoms with E-state index in [1.807, 2.05) is 18.2 Å². The van der Waals surface area contributed by atoms with E-state index in [0.29, 0.717) is 0 Å². The summed E-state index contributed by atoms with van der Waals surface area (Å²) in [6.07, 6.45) is 0. The number of hydrogen-bond donors (Lipinski definition) is 0. The van der Waals surface area contributed by atoms with Crippen molar-refractivity contribution >= 4 is 60.3 Å². The van der Waals surface area contributed by atoms with Crippen LogP contribution in [0.1, 0.15) is 0 Å².